The van der Waals surface area contributed by atoms with Gasteiger partial charge in [-0.1, -0.05) is 6.92 Å². The lowest BCUT2D eigenvalue weighted by atomic mass is 9.92. The third-order valence-corrected chi connectivity index (χ3v) is 3.70. The van der Waals surface area contributed by atoms with Gasteiger partial charge in [0.25, 0.3) is 0 Å². The number of halogens is 3. The van der Waals surface area contributed by atoms with Crippen molar-refractivity contribution in [1.29, 1.82) is 0 Å². The molecule has 0 aromatic rings. The van der Waals surface area contributed by atoms with Crippen LogP contribution in [0.3, 0.4) is 0 Å². The monoisotopic (exact) mass is 310 g/mol. The third kappa shape index (κ3) is 5.47. The van der Waals surface area contributed by atoms with Crippen molar-refractivity contribution in [2.75, 3.05) is 33.3 Å². The first-order valence-electron chi connectivity index (χ1n) is 7.42. The van der Waals surface area contributed by atoms with Crippen LogP contribution in [0.15, 0.2) is 0 Å². The molecule has 0 aliphatic heterocycles. The topological polar surface area (TPSA) is 41.6 Å². The van der Waals surface area contributed by atoms with E-state index in [9.17, 15) is 18.0 Å². The van der Waals surface area contributed by atoms with Crippen LogP contribution in [0.1, 0.15) is 33.1 Å². The number of hydrogen-bond acceptors (Lipinski definition) is 4. The van der Waals surface area contributed by atoms with E-state index >= 15 is 0 Å². The summed E-state index contributed by atoms with van der Waals surface area (Å²) in [7, 11) is 1.61. The highest BCUT2D eigenvalue weighted by atomic mass is 19.4. The van der Waals surface area contributed by atoms with Gasteiger partial charge in [-0.05, 0) is 39.3 Å². The van der Waals surface area contributed by atoms with Gasteiger partial charge in [0.1, 0.15) is 5.54 Å². The summed E-state index contributed by atoms with van der Waals surface area (Å²) in [5.41, 5.74) is -0.884. The fourth-order valence-electron chi connectivity index (χ4n) is 2.61. The number of likely N-dealkylation sites (N-methyl/N-ethyl adjacent to an activating group) is 2. The van der Waals surface area contributed by atoms with Crippen molar-refractivity contribution >= 4 is 5.97 Å². The zero-order chi connectivity index (χ0) is 16.1. The van der Waals surface area contributed by atoms with Crippen LogP contribution in [0.5, 0.6) is 0 Å². The summed E-state index contributed by atoms with van der Waals surface area (Å²) in [6.45, 7) is 4.57. The minimum Gasteiger partial charge on any atom is -0.465 e. The maximum atomic E-state index is 12.3. The molecule has 21 heavy (non-hydrogen) atoms. The largest absolute Gasteiger partial charge is 0.465 e. The van der Waals surface area contributed by atoms with E-state index in [1.807, 2.05) is 6.92 Å². The van der Waals surface area contributed by atoms with Crippen molar-refractivity contribution < 1.29 is 22.7 Å². The molecule has 124 valence electrons. The summed E-state index contributed by atoms with van der Waals surface area (Å²) in [4.78, 5) is 13.9. The quantitative estimate of drug-likeness (QED) is 0.663. The van der Waals surface area contributed by atoms with E-state index in [0.717, 1.165) is 12.8 Å². The molecule has 0 spiro atoms. The van der Waals surface area contributed by atoms with E-state index in [-0.39, 0.29) is 31.6 Å². The first kappa shape index (κ1) is 18.2. The summed E-state index contributed by atoms with van der Waals surface area (Å²) in [6.07, 6.45) is -3.25. The molecule has 0 aromatic carbocycles. The number of carbonyl (C=O) groups excluding carboxylic acids is 1. The van der Waals surface area contributed by atoms with E-state index < -0.39 is 18.1 Å². The van der Waals surface area contributed by atoms with Gasteiger partial charge in [-0.15, -0.1) is 0 Å². The van der Waals surface area contributed by atoms with Gasteiger partial charge in [-0.3, -0.25) is 0 Å². The molecule has 0 saturated heterocycles. The number of ether oxygens (including phenoxy) is 1. The summed E-state index contributed by atoms with van der Waals surface area (Å²) in [5, 5.41) is 3.17. The molecule has 1 unspecified atom stereocenters. The Bertz CT molecular complexity index is 346. The Labute approximate surface area is 124 Å². The fourth-order valence-corrected chi connectivity index (χ4v) is 2.61. The molecule has 1 N–H and O–H groups in total. The molecule has 7 heteroatoms. The maximum absolute atomic E-state index is 12.3. The molecule has 1 fully saturated rings. The van der Waals surface area contributed by atoms with Gasteiger partial charge in [-0.25, -0.2) is 4.79 Å². The number of nitrogens with one attached hydrogen (secondary N) is 1. The highest BCUT2D eigenvalue weighted by Crippen LogP contribution is 2.41. The van der Waals surface area contributed by atoms with E-state index in [2.05, 4.69) is 5.32 Å². The van der Waals surface area contributed by atoms with Crippen molar-refractivity contribution in [3.05, 3.63) is 0 Å². The van der Waals surface area contributed by atoms with Crippen LogP contribution >= 0.6 is 0 Å². The van der Waals surface area contributed by atoms with Crippen LogP contribution in [-0.2, 0) is 9.53 Å². The Morgan fingerprint density at radius 2 is 1.95 bits per heavy atom. The molecule has 1 rings (SSSR count). The van der Waals surface area contributed by atoms with Gasteiger partial charge in [0, 0.05) is 13.1 Å². The van der Waals surface area contributed by atoms with Gasteiger partial charge in [0.05, 0.1) is 13.0 Å². The zero-order valence-corrected chi connectivity index (χ0v) is 12.9. The molecule has 0 radical (unpaired) electrons. The Morgan fingerprint density at radius 1 is 1.33 bits per heavy atom. The van der Waals surface area contributed by atoms with E-state index in [1.165, 1.54) is 0 Å². The first-order valence-corrected chi connectivity index (χ1v) is 7.42. The number of esters is 1. The molecular weight excluding hydrogens is 285 g/mol. The number of carbonyl (C=O) groups is 1. The van der Waals surface area contributed by atoms with Crippen molar-refractivity contribution in [3.8, 4) is 0 Å². The molecule has 1 aliphatic rings. The van der Waals surface area contributed by atoms with Crippen LogP contribution in [0, 0.1) is 5.92 Å². The average Bonchev–Trinajstić information content (AvgIpc) is 3.19. The summed E-state index contributed by atoms with van der Waals surface area (Å²) in [5.74, 6) is -0.210. The molecule has 0 bridgehead atoms. The molecular formula is C14H25F3N2O2. The van der Waals surface area contributed by atoms with Crippen molar-refractivity contribution in [2.24, 2.45) is 5.92 Å². The Hall–Kier alpha value is -0.820. The second-order valence-electron chi connectivity index (χ2n) is 5.60. The number of nitrogens with zero attached hydrogens (tertiary/aromatic N) is 1. The fraction of sp³-hybridized carbons (Fsp3) is 0.929. The molecule has 1 saturated carbocycles. The van der Waals surface area contributed by atoms with E-state index in [1.54, 1.807) is 18.9 Å². The normalized spacial score (nSPS) is 18.6. The SMILES string of the molecule is CCNC(CN(C)CCC(F)(F)F)(C(=O)OCC)C1CC1. The predicted molar refractivity (Wildman–Crippen MR) is 73.9 cm³/mol. The van der Waals surface area contributed by atoms with Gasteiger partial charge in [-0.2, -0.15) is 13.2 Å². The Morgan fingerprint density at radius 3 is 2.38 bits per heavy atom. The number of rotatable bonds is 9. The van der Waals surface area contributed by atoms with Gasteiger partial charge in [0.2, 0.25) is 0 Å². The van der Waals surface area contributed by atoms with Crippen LogP contribution in [0.2, 0.25) is 0 Å². The first-order chi connectivity index (χ1) is 9.75. The van der Waals surface area contributed by atoms with Crippen molar-refractivity contribution in [2.45, 2.75) is 44.8 Å². The van der Waals surface area contributed by atoms with Crippen LogP contribution in [-0.4, -0.2) is 55.9 Å². The second kappa shape index (κ2) is 7.45. The van der Waals surface area contributed by atoms with Crippen molar-refractivity contribution in [3.63, 3.8) is 0 Å². The third-order valence-electron chi connectivity index (χ3n) is 3.70. The van der Waals surface area contributed by atoms with Crippen LogP contribution in [0.25, 0.3) is 0 Å². The number of hydrogen-bond donors (Lipinski definition) is 1. The number of alkyl halides is 3. The second-order valence-corrected chi connectivity index (χ2v) is 5.60. The Balaban J connectivity index is 2.74. The summed E-state index contributed by atoms with van der Waals surface area (Å²) in [6, 6.07) is 0. The molecule has 0 amide bonds. The van der Waals surface area contributed by atoms with Gasteiger partial charge in [0.15, 0.2) is 0 Å². The maximum Gasteiger partial charge on any atom is 0.390 e. The molecule has 0 heterocycles. The van der Waals surface area contributed by atoms with Gasteiger partial charge < -0.3 is 15.0 Å². The lowest BCUT2D eigenvalue weighted by Gasteiger charge is -2.36. The lowest BCUT2D eigenvalue weighted by molar-refractivity contribution is -0.154. The minimum absolute atomic E-state index is 0.122. The molecule has 1 aliphatic carbocycles. The summed E-state index contributed by atoms with van der Waals surface area (Å²) >= 11 is 0. The van der Waals surface area contributed by atoms with E-state index in [0.29, 0.717) is 6.54 Å². The summed E-state index contributed by atoms with van der Waals surface area (Å²) < 4.78 is 42.1. The highest BCUT2D eigenvalue weighted by Gasteiger charge is 2.52. The van der Waals surface area contributed by atoms with E-state index in [4.69, 9.17) is 4.74 Å². The Kier molecular flexibility index (Phi) is 6.46. The zero-order valence-electron chi connectivity index (χ0n) is 12.9. The van der Waals surface area contributed by atoms with Crippen LogP contribution < -0.4 is 5.32 Å². The highest BCUT2D eigenvalue weighted by molar-refractivity contribution is 5.82. The predicted octanol–water partition coefficient (Wildman–Crippen LogP) is 2.19. The molecule has 1 atom stereocenters. The van der Waals surface area contributed by atoms with Gasteiger partial charge >= 0.3 is 12.1 Å². The molecule has 4 nitrogen and oxygen atoms in total. The van der Waals surface area contributed by atoms with Crippen molar-refractivity contribution in [1.82, 2.24) is 10.2 Å². The lowest BCUT2D eigenvalue weighted by Crippen LogP contribution is -2.61. The van der Waals surface area contributed by atoms with Crippen LogP contribution in [0.4, 0.5) is 13.2 Å². The minimum atomic E-state index is -4.18. The smallest absolute Gasteiger partial charge is 0.390 e. The average molecular weight is 310 g/mol. The standard InChI is InChI=1S/C14H25F3N2O2/c1-4-18-13(11-6-7-11,12(20)21-5-2)10-19(3)9-8-14(15,16)17/h11,18H,4-10H2,1-3H3. The molecule has 0 aromatic heterocycles.